The zero-order valence-corrected chi connectivity index (χ0v) is 9.38. The third-order valence-electron chi connectivity index (χ3n) is 2.84. The lowest BCUT2D eigenvalue weighted by molar-refractivity contribution is -0.151. The summed E-state index contributed by atoms with van der Waals surface area (Å²) in [5.74, 6) is 0. The van der Waals surface area contributed by atoms with Gasteiger partial charge in [-0.1, -0.05) is 31.2 Å². The average molecular weight is 242 g/mol. The Morgan fingerprint density at radius 1 is 1.29 bits per heavy atom. The van der Waals surface area contributed by atoms with Gasteiger partial charge >= 0.3 is 6.18 Å². The van der Waals surface area contributed by atoms with Crippen molar-refractivity contribution in [2.45, 2.75) is 32.0 Å². The quantitative estimate of drug-likeness (QED) is 0.847. The molecule has 1 aliphatic rings. The molecule has 2 nitrogen and oxygen atoms in total. The highest BCUT2D eigenvalue weighted by molar-refractivity contribution is 6.01. The van der Waals surface area contributed by atoms with Crippen LogP contribution in [0.3, 0.4) is 0 Å². The minimum absolute atomic E-state index is 0.102. The van der Waals surface area contributed by atoms with Crippen LogP contribution in [0.4, 0.5) is 13.2 Å². The number of nitrogens with zero attached hydrogens (tertiary/aromatic N) is 1. The number of aryl methyl sites for hydroxylation is 1. The van der Waals surface area contributed by atoms with E-state index in [4.69, 9.17) is 0 Å². The lowest BCUT2D eigenvalue weighted by Crippen LogP contribution is -2.36. The van der Waals surface area contributed by atoms with Gasteiger partial charge in [0.25, 0.3) is 0 Å². The third kappa shape index (κ3) is 2.60. The van der Waals surface area contributed by atoms with Crippen LogP contribution >= 0.6 is 0 Å². The van der Waals surface area contributed by atoms with Crippen molar-refractivity contribution in [1.82, 2.24) is 5.43 Å². The molecule has 0 saturated carbocycles. The molecule has 0 saturated heterocycles. The summed E-state index contributed by atoms with van der Waals surface area (Å²) < 4.78 is 37.3. The van der Waals surface area contributed by atoms with Gasteiger partial charge in [0, 0.05) is 6.42 Å². The summed E-state index contributed by atoms with van der Waals surface area (Å²) in [7, 11) is 0. The Balaban J connectivity index is 2.09. The van der Waals surface area contributed by atoms with Gasteiger partial charge in [-0.2, -0.15) is 18.3 Å². The highest BCUT2D eigenvalue weighted by atomic mass is 19.4. The molecular formula is C12H13F3N2. The number of hydrogen-bond donors (Lipinski definition) is 1. The van der Waals surface area contributed by atoms with Gasteiger partial charge < -0.3 is 0 Å². The van der Waals surface area contributed by atoms with Crippen LogP contribution in [-0.4, -0.2) is 17.9 Å². The summed E-state index contributed by atoms with van der Waals surface area (Å²) in [6.45, 7) is 2.03. The van der Waals surface area contributed by atoms with Crippen molar-refractivity contribution in [1.29, 1.82) is 0 Å². The van der Waals surface area contributed by atoms with E-state index in [1.54, 1.807) is 0 Å². The molecule has 1 aromatic rings. The largest absolute Gasteiger partial charge is 0.410 e. The molecule has 17 heavy (non-hydrogen) atoms. The normalized spacial score (nSPS) is 20.0. The maximum Gasteiger partial charge on any atom is 0.410 e. The fraction of sp³-hybridized carbons (Fsp3) is 0.417. The number of halogens is 3. The zero-order chi connectivity index (χ0) is 12.5. The number of hydrogen-bond acceptors (Lipinski definition) is 2. The van der Waals surface area contributed by atoms with Crippen LogP contribution in [0.1, 0.15) is 24.5 Å². The third-order valence-corrected chi connectivity index (χ3v) is 2.84. The molecule has 1 aliphatic heterocycles. The lowest BCUT2D eigenvalue weighted by Gasteiger charge is -2.13. The van der Waals surface area contributed by atoms with Crippen LogP contribution < -0.4 is 5.43 Å². The van der Waals surface area contributed by atoms with Gasteiger partial charge in [0.1, 0.15) is 6.04 Å². The Morgan fingerprint density at radius 2 is 1.94 bits per heavy atom. The number of nitrogens with one attached hydrogen (secondary N) is 1. The molecule has 1 atom stereocenters. The molecule has 1 N–H and O–H groups in total. The van der Waals surface area contributed by atoms with Crippen molar-refractivity contribution in [2.24, 2.45) is 5.10 Å². The molecule has 0 aromatic heterocycles. The topological polar surface area (TPSA) is 24.4 Å². The molecule has 1 aromatic carbocycles. The standard InChI is InChI=1S/C12H13F3N2/c1-2-8-3-5-9(6-4-8)10-7-11(17-16-10)12(13,14)15/h3-6,11,17H,2,7H2,1H3. The summed E-state index contributed by atoms with van der Waals surface area (Å²) >= 11 is 0. The van der Waals surface area contributed by atoms with Gasteiger partial charge in [0.2, 0.25) is 0 Å². The van der Waals surface area contributed by atoms with E-state index in [1.165, 1.54) is 0 Å². The van der Waals surface area contributed by atoms with Crippen molar-refractivity contribution in [3.8, 4) is 0 Å². The van der Waals surface area contributed by atoms with Crippen LogP contribution in [0.25, 0.3) is 0 Å². The Morgan fingerprint density at radius 3 is 2.41 bits per heavy atom. The van der Waals surface area contributed by atoms with E-state index in [-0.39, 0.29) is 6.42 Å². The maximum atomic E-state index is 12.4. The van der Waals surface area contributed by atoms with Crippen molar-refractivity contribution >= 4 is 5.71 Å². The van der Waals surface area contributed by atoms with Crippen LogP contribution in [0, 0.1) is 0 Å². The molecule has 1 heterocycles. The molecule has 0 spiro atoms. The smallest absolute Gasteiger partial charge is 0.297 e. The minimum Gasteiger partial charge on any atom is -0.297 e. The highest BCUT2D eigenvalue weighted by Crippen LogP contribution is 2.27. The molecule has 2 rings (SSSR count). The number of hydrazone groups is 1. The Bertz CT molecular complexity index is 420. The van der Waals surface area contributed by atoms with Gasteiger partial charge in [-0.3, -0.25) is 5.43 Å². The molecule has 1 unspecified atom stereocenters. The van der Waals surface area contributed by atoms with E-state index in [2.05, 4.69) is 10.5 Å². The maximum absolute atomic E-state index is 12.4. The Labute approximate surface area is 97.5 Å². The first kappa shape index (κ1) is 12.0. The second kappa shape index (κ2) is 4.39. The van der Waals surface area contributed by atoms with Gasteiger partial charge in [-0.05, 0) is 17.5 Å². The van der Waals surface area contributed by atoms with Gasteiger partial charge in [-0.15, -0.1) is 0 Å². The molecule has 0 fully saturated rings. The summed E-state index contributed by atoms with van der Waals surface area (Å²) in [5, 5.41) is 3.76. The lowest BCUT2D eigenvalue weighted by atomic mass is 10.0. The fourth-order valence-electron chi connectivity index (χ4n) is 1.74. The predicted octanol–water partition coefficient (Wildman–Crippen LogP) is 2.88. The first-order chi connectivity index (χ1) is 8.00. The van der Waals surface area contributed by atoms with Crippen molar-refractivity contribution in [3.63, 3.8) is 0 Å². The highest BCUT2D eigenvalue weighted by Gasteiger charge is 2.42. The van der Waals surface area contributed by atoms with Gasteiger partial charge in [0.15, 0.2) is 0 Å². The van der Waals surface area contributed by atoms with E-state index in [0.29, 0.717) is 5.71 Å². The van der Waals surface area contributed by atoms with Gasteiger partial charge in [0.05, 0.1) is 5.71 Å². The first-order valence-corrected chi connectivity index (χ1v) is 5.49. The molecule has 0 aliphatic carbocycles. The summed E-state index contributed by atoms with van der Waals surface area (Å²) in [4.78, 5) is 0. The fourth-order valence-corrected chi connectivity index (χ4v) is 1.74. The van der Waals surface area contributed by atoms with Crippen molar-refractivity contribution in [3.05, 3.63) is 35.4 Å². The Hall–Kier alpha value is -1.52. The summed E-state index contributed by atoms with van der Waals surface area (Å²) in [6.07, 6.45) is -3.43. The van der Waals surface area contributed by atoms with E-state index in [1.807, 2.05) is 31.2 Å². The van der Waals surface area contributed by atoms with E-state index < -0.39 is 12.2 Å². The van der Waals surface area contributed by atoms with E-state index in [0.717, 1.165) is 17.5 Å². The monoisotopic (exact) mass is 242 g/mol. The number of rotatable bonds is 2. The van der Waals surface area contributed by atoms with Crippen molar-refractivity contribution < 1.29 is 13.2 Å². The number of benzene rings is 1. The van der Waals surface area contributed by atoms with Crippen LogP contribution in [-0.2, 0) is 6.42 Å². The minimum atomic E-state index is -4.24. The second-order valence-corrected chi connectivity index (χ2v) is 4.04. The summed E-state index contributed by atoms with van der Waals surface area (Å²) in [6, 6.07) is 5.91. The first-order valence-electron chi connectivity index (χ1n) is 5.49. The molecule has 0 radical (unpaired) electrons. The molecule has 5 heteroatoms. The molecular weight excluding hydrogens is 229 g/mol. The van der Waals surface area contributed by atoms with Crippen LogP contribution in [0.15, 0.2) is 29.4 Å². The predicted molar refractivity (Wildman–Crippen MR) is 60.0 cm³/mol. The van der Waals surface area contributed by atoms with Crippen LogP contribution in [0.5, 0.6) is 0 Å². The molecule has 92 valence electrons. The van der Waals surface area contributed by atoms with E-state index >= 15 is 0 Å². The summed E-state index contributed by atoms with van der Waals surface area (Å²) in [5.41, 5.74) is 4.52. The van der Waals surface area contributed by atoms with Gasteiger partial charge in [-0.25, -0.2) is 0 Å². The molecule has 0 bridgehead atoms. The van der Waals surface area contributed by atoms with Crippen LogP contribution in [0.2, 0.25) is 0 Å². The SMILES string of the molecule is CCc1ccc(C2=NNC(C(F)(F)F)C2)cc1. The second-order valence-electron chi connectivity index (χ2n) is 4.04. The van der Waals surface area contributed by atoms with E-state index in [9.17, 15) is 13.2 Å². The number of alkyl halides is 3. The Kier molecular flexibility index (Phi) is 3.09. The molecule has 0 amide bonds. The average Bonchev–Trinajstić information content (AvgIpc) is 2.78. The zero-order valence-electron chi connectivity index (χ0n) is 9.38. The van der Waals surface area contributed by atoms with Crippen molar-refractivity contribution in [2.75, 3.05) is 0 Å².